The van der Waals surface area contributed by atoms with Crippen molar-refractivity contribution in [2.75, 3.05) is 18.1 Å². The molecule has 1 N–H and O–H groups in total. The minimum Gasteiger partial charge on any atom is -0.366 e. The summed E-state index contributed by atoms with van der Waals surface area (Å²) in [5.74, 6) is 0.631. The van der Waals surface area contributed by atoms with E-state index in [0.717, 1.165) is 43.5 Å². The fourth-order valence-electron chi connectivity index (χ4n) is 2.52. The Morgan fingerprint density at radius 2 is 1.81 bits per heavy atom. The standard InChI is InChI=1S/C16H26N4S/c1-6-12-13(10-17)15(20-19-14(12)7-2)18-11-16(8-3,9-4)21-5/h6-9,11H2,1-5H3,(H,18,20). The fourth-order valence-corrected chi connectivity index (χ4v) is 3.32. The first kappa shape index (κ1) is 17.8. The molecule has 4 nitrogen and oxygen atoms in total. The molecule has 0 spiro atoms. The minimum absolute atomic E-state index is 0.185. The quantitative estimate of drug-likeness (QED) is 0.791. The van der Waals surface area contributed by atoms with E-state index in [1.165, 1.54) is 0 Å². The summed E-state index contributed by atoms with van der Waals surface area (Å²) in [6.07, 6.45) is 5.93. The number of hydrogen-bond acceptors (Lipinski definition) is 5. The van der Waals surface area contributed by atoms with E-state index in [-0.39, 0.29) is 4.75 Å². The lowest BCUT2D eigenvalue weighted by Gasteiger charge is -2.30. The number of aryl methyl sites for hydroxylation is 1. The van der Waals surface area contributed by atoms with Crippen LogP contribution in [0.2, 0.25) is 0 Å². The molecule has 21 heavy (non-hydrogen) atoms. The molecule has 0 radical (unpaired) electrons. The molecule has 0 saturated heterocycles. The van der Waals surface area contributed by atoms with Gasteiger partial charge in [-0.15, -0.1) is 5.10 Å². The average Bonchev–Trinajstić information content (AvgIpc) is 2.55. The molecule has 1 aromatic rings. The van der Waals surface area contributed by atoms with Crippen molar-refractivity contribution in [1.29, 1.82) is 5.26 Å². The fraction of sp³-hybridized carbons (Fsp3) is 0.688. The van der Waals surface area contributed by atoms with Crippen molar-refractivity contribution in [1.82, 2.24) is 10.2 Å². The van der Waals surface area contributed by atoms with E-state index in [1.54, 1.807) is 0 Å². The van der Waals surface area contributed by atoms with E-state index < -0.39 is 0 Å². The number of nitriles is 1. The Balaban J connectivity index is 3.07. The molecule has 0 saturated carbocycles. The van der Waals surface area contributed by atoms with Crippen molar-refractivity contribution in [3.8, 4) is 6.07 Å². The molecule has 1 heterocycles. The number of thioether (sulfide) groups is 1. The summed E-state index contributed by atoms with van der Waals surface area (Å²) in [6.45, 7) is 9.32. The normalized spacial score (nSPS) is 11.2. The van der Waals surface area contributed by atoms with Gasteiger partial charge in [-0.05, 0) is 37.5 Å². The van der Waals surface area contributed by atoms with Gasteiger partial charge in [0.1, 0.15) is 11.6 Å². The second-order valence-corrected chi connectivity index (χ2v) is 6.39. The van der Waals surface area contributed by atoms with Crippen molar-refractivity contribution in [3.05, 3.63) is 16.8 Å². The third-order valence-electron chi connectivity index (χ3n) is 4.26. The van der Waals surface area contributed by atoms with E-state index in [2.05, 4.69) is 48.6 Å². The lowest BCUT2D eigenvalue weighted by Crippen LogP contribution is -2.32. The highest BCUT2D eigenvalue weighted by Gasteiger charge is 2.25. The number of nitrogens with one attached hydrogen (secondary N) is 1. The Kier molecular flexibility index (Phi) is 6.97. The topological polar surface area (TPSA) is 61.6 Å². The van der Waals surface area contributed by atoms with E-state index in [1.807, 2.05) is 18.7 Å². The highest BCUT2D eigenvalue weighted by molar-refractivity contribution is 8.00. The van der Waals surface area contributed by atoms with Crippen LogP contribution >= 0.6 is 11.8 Å². The zero-order valence-electron chi connectivity index (χ0n) is 13.8. The molecule has 5 heteroatoms. The molecule has 0 aromatic carbocycles. The largest absolute Gasteiger partial charge is 0.366 e. The van der Waals surface area contributed by atoms with Gasteiger partial charge in [-0.3, -0.25) is 0 Å². The van der Waals surface area contributed by atoms with E-state index in [0.29, 0.717) is 11.4 Å². The molecule has 0 aliphatic carbocycles. The Labute approximate surface area is 132 Å². The van der Waals surface area contributed by atoms with Crippen LogP contribution in [0.15, 0.2) is 0 Å². The second kappa shape index (κ2) is 8.23. The predicted molar refractivity (Wildman–Crippen MR) is 90.8 cm³/mol. The van der Waals surface area contributed by atoms with Gasteiger partial charge >= 0.3 is 0 Å². The summed E-state index contributed by atoms with van der Waals surface area (Å²) in [6, 6.07) is 2.31. The lowest BCUT2D eigenvalue weighted by molar-refractivity contribution is 0.573. The smallest absolute Gasteiger partial charge is 0.166 e. The average molecular weight is 306 g/mol. The van der Waals surface area contributed by atoms with Crippen LogP contribution in [0.25, 0.3) is 0 Å². The number of rotatable bonds is 8. The predicted octanol–water partition coefficient (Wildman–Crippen LogP) is 3.81. The van der Waals surface area contributed by atoms with Gasteiger partial charge in [0.05, 0.1) is 5.69 Å². The molecule has 0 unspecified atom stereocenters. The van der Waals surface area contributed by atoms with Gasteiger partial charge in [-0.25, -0.2) is 0 Å². The van der Waals surface area contributed by atoms with Crippen molar-refractivity contribution >= 4 is 17.6 Å². The van der Waals surface area contributed by atoms with Crippen LogP contribution in [0.4, 0.5) is 5.82 Å². The second-order valence-electron chi connectivity index (χ2n) is 5.12. The summed E-state index contributed by atoms with van der Waals surface area (Å²) >= 11 is 1.87. The van der Waals surface area contributed by atoms with Crippen molar-refractivity contribution in [3.63, 3.8) is 0 Å². The van der Waals surface area contributed by atoms with Crippen LogP contribution in [-0.2, 0) is 12.8 Å². The summed E-state index contributed by atoms with van der Waals surface area (Å²) in [7, 11) is 0. The van der Waals surface area contributed by atoms with Gasteiger partial charge in [0.25, 0.3) is 0 Å². The summed E-state index contributed by atoms with van der Waals surface area (Å²) < 4.78 is 0.185. The van der Waals surface area contributed by atoms with E-state index in [4.69, 9.17) is 0 Å². The van der Waals surface area contributed by atoms with Crippen molar-refractivity contribution in [2.45, 2.75) is 58.1 Å². The molecule has 1 rings (SSSR count). The Bertz CT molecular complexity index is 495. The SMILES string of the molecule is CCc1nnc(NCC(CC)(CC)SC)c(C#N)c1CC. The van der Waals surface area contributed by atoms with Crippen LogP contribution in [0.1, 0.15) is 57.4 Å². The maximum absolute atomic E-state index is 9.49. The van der Waals surface area contributed by atoms with Crippen molar-refractivity contribution < 1.29 is 0 Å². The molecule has 0 amide bonds. The molecule has 0 fully saturated rings. The van der Waals surface area contributed by atoms with Gasteiger partial charge in [0, 0.05) is 11.3 Å². The van der Waals surface area contributed by atoms with Crippen LogP contribution in [0.5, 0.6) is 0 Å². The summed E-state index contributed by atoms with van der Waals surface area (Å²) in [5, 5.41) is 21.4. The number of anilines is 1. The molecule has 0 bridgehead atoms. The first-order chi connectivity index (χ1) is 10.1. The van der Waals surface area contributed by atoms with Gasteiger partial charge in [0.2, 0.25) is 0 Å². The molecule has 0 aliphatic rings. The monoisotopic (exact) mass is 306 g/mol. The summed E-state index contributed by atoms with van der Waals surface area (Å²) in [5.41, 5.74) is 2.62. The molecular weight excluding hydrogens is 280 g/mol. The third kappa shape index (κ3) is 3.88. The van der Waals surface area contributed by atoms with Crippen LogP contribution in [0.3, 0.4) is 0 Å². The Morgan fingerprint density at radius 1 is 1.14 bits per heavy atom. The maximum atomic E-state index is 9.49. The highest BCUT2D eigenvalue weighted by Crippen LogP contribution is 2.31. The molecule has 116 valence electrons. The van der Waals surface area contributed by atoms with Gasteiger partial charge < -0.3 is 5.32 Å². The first-order valence-electron chi connectivity index (χ1n) is 7.68. The van der Waals surface area contributed by atoms with E-state index in [9.17, 15) is 5.26 Å². The summed E-state index contributed by atoms with van der Waals surface area (Å²) in [4.78, 5) is 0. The van der Waals surface area contributed by atoms with Gasteiger partial charge in [-0.2, -0.15) is 22.1 Å². The minimum atomic E-state index is 0.185. The molecule has 0 aliphatic heterocycles. The lowest BCUT2D eigenvalue weighted by atomic mass is 10.0. The van der Waals surface area contributed by atoms with E-state index >= 15 is 0 Å². The Morgan fingerprint density at radius 3 is 2.24 bits per heavy atom. The zero-order valence-corrected chi connectivity index (χ0v) is 14.6. The molecule has 0 atom stereocenters. The molecule has 1 aromatic heterocycles. The van der Waals surface area contributed by atoms with Gasteiger partial charge in [-0.1, -0.05) is 27.7 Å². The van der Waals surface area contributed by atoms with Crippen LogP contribution in [-0.4, -0.2) is 27.7 Å². The van der Waals surface area contributed by atoms with Crippen molar-refractivity contribution in [2.24, 2.45) is 0 Å². The molecular formula is C16H26N4S. The highest BCUT2D eigenvalue weighted by atomic mass is 32.2. The zero-order chi connectivity index (χ0) is 15.9. The third-order valence-corrected chi connectivity index (χ3v) is 5.85. The maximum Gasteiger partial charge on any atom is 0.166 e. The first-order valence-corrected chi connectivity index (χ1v) is 8.91. The van der Waals surface area contributed by atoms with Gasteiger partial charge in [0.15, 0.2) is 5.82 Å². The number of aromatic nitrogens is 2. The van der Waals surface area contributed by atoms with Crippen LogP contribution < -0.4 is 5.32 Å². The number of nitrogens with zero attached hydrogens (tertiary/aromatic N) is 3. The Hall–Kier alpha value is -1.28. The van der Waals surface area contributed by atoms with Crippen LogP contribution in [0, 0.1) is 11.3 Å². The number of hydrogen-bond donors (Lipinski definition) is 1.